The predicted molar refractivity (Wildman–Crippen MR) is 55.4 cm³/mol. The number of aryl methyl sites for hydroxylation is 2. The van der Waals surface area contributed by atoms with E-state index in [0.717, 1.165) is 16.2 Å². The Kier molecular flexibility index (Phi) is 2.28. The number of halogens is 1. The van der Waals surface area contributed by atoms with E-state index in [1.807, 2.05) is 26.1 Å². The van der Waals surface area contributed by atoms with Crippen molar-refractivity contribution in [2.24, 2.45) is 7.05 Å². The highest BCUT2D eigenvalue weighted by Crippen LogP contribution is 2.18. The number of nitrogens with one attached hydrogen (secondary N) is 1. The molecule has 1 N–H and O–H groups in total. The molecule has 5 nitrogen and oxygen atoms in total. The minimum atomic E-state index is 0.679. The molecule has 0 aliphatic heterocycles. The maximum atomic E-state index is 4.93. The van der Waals surface area contributed by atoms with Crippen LogP contribution in [-0.2, 0) is 7.05 Å². The first-order valence-corrected chi connectivity index (χ1v) is 4.84. The van der Waals surface area contributed by atoms with Gasteiger partial charge < -0.3 is 9.84 Å². The van der Waals surface area contributed by atoms with Crippen LogP contribution in [0.15, 0.2) is 21.3 Å². The summed E-state index contributed by atoms with van der Waals surface area (Å²) < 4.78 is 7.43. The second-order valence-electron chi connectivity index (χ2n) is 2.92. The molecule has 0 aliphatic carbocycles. The number of anilines is 2. The summed E-state index contributed by atoms with van der Waals surface area (Å²) >= 11 is 3.29. The lowest BCUT2D eigenvalue weighted by atomic mass is 10.5. The molecule has 0 aromatic carbocycles. The Bertz CT molecular complexity index is 448. The fourth-order valence-corrected chi connectivity index (χ4v) is 1.56. The molecule has 74 valence electrons. The molecule has 0 saturated carbocycles. The van der Waals surface area contributed by atoms with Gasteiger partial charge >= 0.3 is 0 Å². The summed E-state index contributed by atoms with van der Waals surface area (Å²) in [6.45, 7) is 1.84. The van der Waals surface area contributed by atoms with Crippen molar-refractivity contribution in [3.63, 3.8) is 0 Å². The van der Waals surface area contributed by atoms with Crippen molar-refractivity contribution >= 4 is 27.6 Å². The molecular weight excluding hydrogens is 248 g/mol. The zero-order chi connectivity index (χ0) is 10.1. The number of hydrogen-bond donors (Lipinski definition) is 1. The zero-order valence-corrected chi connectivity index (χ0v) is 9.37. The van der Waals surface area contributed by atoms with Crippen molar-refractivity contribution < 1.29 is 4.52 Å². The van der Waals surface area contributed by atoms with Crippen LogP contribution in [0.4, 0.5) is 11.6 Å². The zero-order valence-electron chi connectivity index (χ0n) is 7.78. The third-order valence-corrected chi connectivity index (χ3v) is 2.12. The maximum Gasteiger partial charge on any atom is 0.175 e. The molecule has 0 radical (unpaired) electrons. The van der Waals surface area contributed by atoms with Crippen LogP contribution in [-0.4, -0.2) is 14.9 Å². The van der Waals surface area contributed by atoms with Crippen molar-refractivity contribution in [2.75, 3.05) is 5.32 Å². The highest BCUT2D eigenvalue weighted by Gasteiger charge is 2.05. The highest BCUT2D eigenvalue weighted by atomic mass is 79.9. The van der Waals surface area contributed by atoms with E-state index in [1.54, 1.807) is 4.68 Å². The number of hydrogen-bond acceptors (Lipinski definition) is 4. The van der Waals surface area contributed by atoms with Crippen LogP contribution in [0, 0.1) is 6.92 Å². The Labute approximate surface area is 89.2 Å². The van der Waals surface area contributed by atoms with Crippen LogP contribution in [0.3, 0.4) is 0 Å². The third kappa shape index (κ3) is 1.79. The van der Waals surface area contributed by atoms with Gasteiger partial charge in [0.1, 0.15) is 16.2 Å². The molecule has 0 aliphatic rings. The van der Waals surface area contributed by atoms with Gasteiger partial charge in [-0.3, -0.25) is 4.68 Å². The van der Waals surface area contributed by atoms with Gasteiger partial charge in [-0.15, -0.1) is 0 Å². The van der Waals surface area contributed by atoms with Crippen LogP contribution in [0.2, 0.25) is 0 Å². The summed E-state index contributed by atoms with van der Waals surface area (Å²) in [5.41, 5.74) is 0. The molecule has 0 bridgehead atoms. The fourth-order valence-electron chi connectivity index (χ4n) is 1.11. The van der Waals surface area contributed by atoms with E-state index in [-0.39, 0.29) is 0 Å². The Morgan fingerprint density at radius 2 is 2.29 bits per heavy atom. The Morgan fingerprint density at radius 3 is 2.79 bits per heavy atom. The normalized spacial score (nSPS) is 10.5. The van der Waals surface area contributed by atoms with E-state index in [0.29, 0.717) is 5.82 Å². The van der Waals surface area contributed by atoms with E-state index in [9.17, 15) is 0 Å². The van der Waals surface area contributed by atoms with Crippen molar-refractivity contribution in [3.8, 4) is 0 Å². The van der Waals surface area contributed by atoms with E-state index in [2.05, 4.69) is 31.5 Å². The Hall–Kier alpha value is -1.30. The lowest BCUT2D eigenvalue weighted by molar-refractivity contribution is 0.400. The van der Waals surface area contributed by atoms with E-state index < -0.39 is 0 Å². The average Bonchev–Trinajstić information content (AvgIpc) is 2.61. The number of nitrogens with zero attached hydrogens (tertiary/aromatic N) is 3. The largest absolute Gasteiger partial charge is 0.360 e. The van der Waals surface area contributed by atoms with Crippen molar-refractivity contribution in [2.45, 2.75) is 6.92 Å². The van der Waals surface area contributed by atoms with Gasteiger partial charge in [0.05, 0.1) is 0 Å². The molecule has 2 heterocycles. The molecule has 2 aromatic heterocycles. The summed E-state index contributed by atoms with van der Waals surface area (Å²) in [7, 11) is 1.85. The quantitative estimate of drug-likeness (QED) is 0.896. The number of aromatic nitrogens is 3. The monoisotopic (exact) mass is 256 g/mol. The van der Waals surface area contributed by atoms with E-state index in [1.165, 1.54) is 0 Å². The molecule has 2 aromatic rings. The first kappa shape index (κ1) is 9.26. The van der Waals surface area contributed by atoms with Crippen LogP contribution in [0.25, 0.3) is 0 Å². The Balaban J connectivity index is 2.22. The molecule has 0 unspecified atom stereocenters. The second-order valence-corrected chi connectivity index (χ2v) is 3.74. The summed E-state index contributed by atoms with van der Waals surface area (Å²) in [5.74, 6) is 2.30. The molecule has 0 spiro atoms. The van der Waals surface area contributed by atoms with Gasteiger partial charge in [-0.05, 0) is 22.9 Å². The van der Waals surface area contributed by atoms with Gasteiger partial charge in [0, 0.05) is 19.2 Å². The highest BCUT2D eigenvalue weighted by molar-refractivity contribution is 9.10. The summed E-state index contributed by atoms with van der Waals surface area (Å²) in [6.07, 6.45) is 0. The molecule has 0 fully saturated rings. The lowest BCUT2D eigenvalue weighted by Gasteiger charge is -2.00. The molecule has 0 amide bonds. The van der Waals surface area contributed by atoms with Crippen LogP contribution in [0.1, 0.15) is 5.76 Å². The van der Waals surface area contributed by atoms with Crippen LogP contribution >= 0.6 is 15.9 Å². The first-order chi connectivity index (χ1) is 6.65. The van der Waals surface area contributed by atoms with Gasteiger partial charge in [-0.1, -0.05) is 5.16 Å². The lowest BCUT2D eigenvalue weighted by Crippen LogP contribution is -1.98. The standard InChI is InChI=1S/C8H9BrN4O/c1-5-3-7(12-14-5)10-8-4-6(9)11-13(8)2/h3-4H,1-2H3,(H,10,12). The summed E-state index contributed by atoms with van der Waals surface area (Å²) in [4.78, 5) is 0. The topological polar surface area (TPSA) is 55.9 Å². The molecule has 6 heteroatoms. The van der Waals surface area contributed by atoms with E-state index in [4.69, 9.17) is 4.52 Å². The number of rotatable bonds is 2. The smallest absolute Gasteiger partial charge is 0.175 e. The van der Waals surface area contributed by atoms with Gasteiger partial charge in [0.2, 0.25) is 0 Å². The summed E-state index contributed by atoms with van der Waals surface area (Å²) in [5, 5.41) is 11.0. The van der Waals surface area contributed by atoms with Crippen LogP contribution in [0.5, 0.6) is 0 Å². The second kappa shape index (κ2) is 3.45. The SMILES string of the molecule is Cc1cc(Nc2cc(Br)nn2C)no1. The third-order valence-electron chi connectivity index (χ3n) is 1.73. The first-order valence-electron chi connectivity index (χ1n) is 4.05. The Morgan fingerprint density at radius 1 is 1.50 bits per heavy atom. The van der Waals surface area contributed by atoms with E-state index >= 15 is 0 Å². The van der Waals surface area contributed by atoms with Crippen molar-refractivity contribution in [1.82, 2.24) is 14.9 Å². The van der Waals surface area contributed by atoms with Crippen LogP contribution < -0.4 is 5.32 Å². The van der Waals surface area contributed by atoms with Gasteiger partial charge in [-0.2, -0.15) is 5.10 Å². The minimum absolute atomic E-state index is 0.679. The van der Waals surface area contributed by atoms with Gasteiger partial charge in [-0.25, -0.2) is 0 Å². The van der Waals surface area contributed by atoms with Crippen molar-refractivity contribution in [3.05, 3.63) is 22.5 Å². The fraction of sp³-hybridized carbons (Fsp3) is 0.250. The molecule has 0 atom stereocenters. The predicted octanol–water partition coefficient (Wildman–Crippen LogP) is 2.22. The molecule has 2 rings (SSSR count). The van der Waals surface area contributed by atoms with Gasteiger partial charge in [0.25, 0.3) is 0 Å². The molecule has 14 heavy (non-hydrogen) atoms. The maximum absolute atomic E-state index is 4.93. The minimum Gasteiger partial charge on any atom is -0.360 e. The average molecular weight is 257 g/mol. The van der Waals surface area contributed by atoms with Gasteiger partial charge in [0.15, 0.2) is 5.82 Å². The summed E-state index contributed by atoms with van der Waals surface area (Å²) in [6, 6.07) is 3.69. The molecular formula is C8H9BrN4O. The van der Waals surface area contributed by atoms with Crippen molar-refractivity contribution in [1.29, 1.82) is 0 Å². The molecule has 0 saturated heterocycles.